The summed E-state index contributed by atoms with van der Waals surface area (Å²) in [6.07, 6.45) is 10.3. The zero-order chi connectivity index (χ0) is 20.9. The smallest absolute Gasteiger partial charge is 0.225 e. The highest BCUT2D eigenvalue weighted by molar-refractivity contribution is 5.79. The lowest BCUT2D eigenvalue weighted by molar-refractivity contribution is 0.260. The summed E-state index contributed by atoms with van der Waals surface area (Å²) in [7, 11) is 0. The number of nitrogens with zero attached hydrogens (tertiary/aromatic N) is 6. The molecule has 0 radical (unpaired) electrons. The van der Waals surface area contributed by atoms with Crippen LogP contribution in [0.25, 0.3) is 0 Å². The van der Waals surface area contributed by atoms with Crippen molar-refractivity contribution in [2.75, 3.05) is 76.9 Å². The van der Waals surface area contributed by atoms with Gasteiger partial charge in [0.15, 0.2) is 5.96 Å². The largest absolute Gasteiger partial charge is 0.357 e. The van der Waals surface area contributed by atoms with E-state index in [4.69, 9.17) is 4.99 Å². The summed E-state index contributed by atoms with van der Waals surface area (Å²) in [5, 5.41) is 6.88. The van der Waals surface area contributed by atoms with E-state index in [1.807, 2.05) is 18.5 Å². The first-order chi connectivity index (χ1) is 14.8. The van der Waals surface area contributed by atoms with Crippen molar-refractivity contribution in [3.05, 3.63) is 18.5 Å². The first kappa shape index (κ1) is 22.7. The van der Waals surface area contributed by atoms with Gasteiger partial charge in [-0.25, -0.2) is 9.97 Å². The fourth-order valence-electron chi connectivity index (χ4n) is 4.15. The molecule has 0 bridgehead atoms. The number of anilines is 1. The second-order valence-corrected chi connectivity index (χ2v) is 8.17. The van der Waals surface area contributed by atoms with Crippen LogP contribution in [0.4, 0.5) is 5.95 Å². The van der Waals surface area contributed by atoms with E-state index in [0.29, 0.717) is 0 Å². The molecule has 0 aliphatic carbocycles. The van der Waals surface area contributed by atoms with E-state index in [-0.39, 0.29) is 0 Å². The summed E-state index contributed by atoms with van der Waals surface area (Å²) in [5.41, 5.74) is 0. The van der Waals surface area contributed by atoms with Crippen molar-refractivity contribution in [3.8, 4) is 0 Å². The molecule has 1 aromatic rings. The number of hydrogen-bond donors (Lipinski definition) is 2. The molecule has 8 nitrogen and oxygen atoms in total. The van der Waals surface area contributed by atoms with E-state index < -0.39 is 0 Å². The average Bonchev–Trinajstić information content (AvgIpc) is 3.07. The summed E-state index contributed by atoms with van der Waals surface area (Å²) >= 11 is 0. The Hall–Kier alpha value is -1.93. The van der Waals surface area contributed by atoms with E-state index in [1.165, 1.54) is 45.3 Å². The summed E-state index contributed by atoms with van der Waals surface area (Å²) < 4.78 is 0. The van der Waals surface area contributed by atoms with Gasteiger partial charge in [0.05, 0.1) is 0 Å². The van der Waals surface area contributed by atoms with Crippen LogP contribution in [0.1, 0.15) is 39.0 Å². The molecule has 30 heavy (non-hydrogen) atoms. The van der Waals surface area contributed by atoms with Crippen LogP contribution in [0.15, 0.2) is 23.5 Å². The first-order valence-electron chi connectivity index (χ1n) is 11.8. The van der Waals surface area contributed by atoms with E-state index in [9.17, 15) is 0 Å². The lowest BCUT2D eigenvalue weighted by Gasteiger charge is -2.34. The Labute approximate surface area is 182 Å². The second kappa shape index (κ2) is 13.4. The zero-order valence-electron chi connectivity index (χ0n) is 18.7. The first-order valence-corrected chi connectivity index (χ1v) is 11.8. The Morgan fingerprint density at radius 2 is 1.60 bits per heavy atom. The van der Waals surface area contributed by atoms with Gasteiger partial charge < -0.3 is 20.4 Å². The number of rotatable bonds is 9. The van der Waals surface area contributed by atoms with Crippen molar-refractivity contribution >= 4 is 11.9 Å². The molecule has 3 rings (SSSR count). The number of piperazine rings is 1. The number of aliphatic imine (C=N–C) groups is 1. The van der Waals surface area contributed by atoms with Crippen LogP contribution >= 0.6 is 0 Å². The van der Waals surface area contributed by atoms with Gasteiger partial charge in [0.2, 0.25) is 5.95 Å². The van der Waals surface area contributed by atoms with Gasteiger partial charge in [-0.3, -0.25) is 9.89 Å². The summed E-state index contributed by atoms with van der Waals surface area (Å²) in [6, 6.07) is 1.86. The molecule has 1 aromatic heterocycles. The number of likely N-dealkylation sites (tertiary alicyclic amines) is 1. The van der Waals surface area contributed by atoms with Gasteiger partial charge in [0.25, 0.3) is 0 Å². The van der Waals surface area contributed by atoms with E-state index >= 15 is 0 Å². The second-order valence-electron chi connectivity index (χ2n) is 8.17. The van der Waals surface area contributed by atoms with Gasteiger partial charge in [0.1, 0.15) is 0 Å². The third-order valence-corrected chi connectivity index (χ3v) is 5.87. The number of guanidine groups is 1. The predicted octanol–water partition coefficient (Wildman–Crippen LogP) is 1.42. The van der Waals surface area contributed by atoms with Gasteiger partial charge in [-0.2, -0.15) is 0 Å². The fraction of sp³-hybridized carbons (Fsp3) is 0.773. The van der Waals surface area contributed by atoms with Crippen LogP contribution in [0, 0.1) is 0 Å². The fourth-order valence-corrected chi connectivity index (χ4v) is 4.15. The SMILES string of the molecule is CCNC(=NCCCN1CCCCCC1)NCCN1CCN(c2ncccn2)CC1. The molecule has 2 aliphatic rings. The van der Waals surface area contributed by atoms with E-state index in [2.05, 4.69) is 42.2 Å². The number of hydrogen-bond acceptors (Lipinski definition) is 6. The maximum atomic E-state index is 4.78. The minimum absolute atomic E-state index is 0.844. The normalized spacial score (nSPS) is 19.5. The minimum Gasteiger partial charge on any atom is -0.357 e. The van der Waals surface area contributed by atoms with Gasteiger partial charge in [0, 0.05) is 64.8 Å². The highest BCUT2D eigenvalue weighted by atomic mass is 15.3. The lowest BCUT2D eigenvalue weighted by Crippen LogP contribution is -2.49. The third-order valence-electron chi connectivity index (χ3n) is 5.87. The van der Waals surface area contributed by atoms with Crippen LogP contribution in [0.2, 0.25) is 0 Å². The van der Waals surface area contributed by atoms with Crippen LogP contribution in [0.5, 0.6) is 0 Å². The Bertz CT molecular complexity index is 592. The molecule has 0 unspecified atom stereocenters. The van der Waals surface area contributed by atoms with Gasteiger partial charge >= 0.3 is 0 Å². The molecule has 0 spiro atoms. The molecule has 2 N–H and O–H groups in total. The highest BCUT2D eigenvalue weighted by Gasteiger charge is 2.18. The molecule has 8 heteroatoms. The van der Waals surface area contributed by atoms with Crippen molar-refractivity contribution in [1.29, 1.82) is 0 Å². The monoisotopic (exact) mass is 416 g/mol. The highest BCUT2D eigenvalue weighted by Crippen LogP contribution is 2.10. The molecule has 168 valence electrons. The topological polar surface area (TPSA) is 71.9 Å². The lowest BCUT2D eigenvalue weighted by atomic mass is 10.2. The molecule has 0 atom stereocenters. The van der Waals surface area contributed by atoms with Crippen LogP contribution in [-0.4, -0.2) is 97.7 Å². The molecule has 2 fully saturated rings. The quantitative estimate of drug-likeness (QED) is 0.358. The summed E-state index contributed by atoms with van der Waals surface area (Å²) in [4.78, 5) is 20.9. The Morgan fingerprint density at radius 3 is 2.30 bits per heavy atom. The van der Waals surface area contributed by atoms with Crippen LogP contribution in [-0.2, 0) is 0 Å². The molecule has 2 aliphatic heterocycles. The molecule has 3 heterocycles. The Morgan fingerprint density at radius 1 is 0.900 bits per heavy atom. The van der Waals surface area contributed by atoms with Gasteiger partial charge in [-0.05, 0) is 51.9 Å². The van der Waals surface area contributed by atoms with Crippen LogP contribution < -0.4 is 15.5 Å². The van der Waals surface area contributed by atoms with Crippen LogP contribution in [0.3, 0.4) is 0 Å². The minimum atomic E-state index is 0.844. The average molecular weight is 417 g/mol. The molecule has 2 saturated heterocycles. The van der Waals surface area contributed by atoms with Crippen molar-refractivity contribution in [2.24, 2.45) is 4.99 Å². The Balaban J connectivity index is 1.31. The van der Waals surface area contributed by atoms with Crippen molar-refractivity contribution in [1.82, 2.24) is 30.4 Å². The van der Waals surface area contributed by atoms with E-state index in [1.54, 1.807) is 0 Å². The van der Waals surface area contributed by atoms with E-state index in [0.717, 1.165) is 70.7 Å². The molecular weight excluding hydrogens is 376 g/mol. The maximum Gasteiger partial charge on any atom is 0.225 e. The zero-order valence-corrected chi connectivity index (χ0v) is 18.7. The molecule has 0 aromatic carbocycles. The van der Waals surface area contributed by atoms with Crippen molar-refractivity contribution in [3.63, 3.8) is 0 Å². The predicted molar refractivity (Wildman–Crippen MR) is 124 cm³/mol. The third kappa shape index (κ3) is 8.07. The standard InChI is InChI=1S/C22H40N8/c1-2-23-21(24-11-8-15-28-13-5-3-4-6-14-28)25-12-16-29-17-19-30(20-18-29)22-26-9-7-10-27-22/h7,9-10H,2-6,8,11-20H2,1H3,(H2,23,24,25). The van der Waals surface area contributed by atoms with Crippen molar-refractivity contribution in [2.45, 2.75) is 39.0 Å². The Kier molecular flexibility index (Phi) is 10.2. The summed E-state index contributed by atoms with van der Waals surface area (Å²) in [6.45, 7) is 13.6. The maximum absolute atomic E-state index is 4.78. The molecule has 0 amide bonds. The van der Waals surface area contributed by atoms with Gasteiger partial charge in [-0.1, -0.05) is 12.8 Å². The molecular formula is C22H40N8. The van der Waals surface area contributed by atoms with Crippen molar-refractivity contribution < 1.29 is 0 Å². The molecule has 0 saturated carbocycles. The number of nitrogens with one attached hydrogen (secondary N) is 2. The number of aromatic nitrogens is 2. The summed E-state index contributed by atoms with van der Waals surface area (Å²) in [5.74, 6) is 1.79. The van der Waals surface area contributed by atoms with Gasteiger partial charge in [-0.15, -0.1) is 0 Å².